The van der Waals surface area contributed by atoms with Gasteiger partial charge in [-0.3, -0.25) is 4.79 Å². The number of nitrogens with two attached hydrogens (primary N) is 2. The third-order valence-corrected chi connectivity index (χ3v) is 4.06. The highest BCUT2D eigenvalue weighted by molar-refractivity contribution is 5.82. The molecule has 4 nitrogen and oxygen atoms in total. The van der Waals surface area contributed by atoms with Crippen LogP contribution in [0.3, 0.4) is 0 Å². The van der Waals surface area contributed by atoms with E-state index in [1.54, 1.807) is 0 Å². The molecule has 0 aliphatic carbocycles. The Balaban J connectivity index is 2.57. The number of nitrogens with zero attached hydrogens (tertiary/aromatic N) is 1. The van der Waals surface area contributed by atoms with Gasteiger partial charge in [-0.1, -0.05) is 20.3 Å². The van der Waals surface area contributed by atoms with Crippen molar-refractivity contribution in [3.8, 4) is 0 Å². The second-order valence-corrected chi connectivity index (χ2v) is 5.46. The molecule has 0 spiro atoms. The molecule has 1 aliphatic rings. The predicted octanol–water partition coefficient (Wildman–Crippen LogP) is 0.946. The molecule has 1 amide bonds. The van der Waals surface area contributed by atoms with Gasteiger partial charge in [0, 0.05) is 19.1 Å². The normalized spacial score (nSPS) is 26.4. The summed E-state index contributed by atoms with van der Waals surface area (Å²) in [5, 5.41) is 0. The van der Waals surface area contributed by atoms with Gasteiger partial charge in [0.25, 0.3) is 0 Å². The van der Waals surface area contributed by atoms with Gasteiger partial charge in [-0.15, -0.1) is 0 Å². The maximum Gasteiger partial charge on any atom is 0.239 e. The van der Waals surface area contributed by atoms with E-state index < -0.39 is 0 Å². The van der Waals surface area contributed by atoms with Crippen molar-refractivity contribution in [2.45, 2.75) is 52.1 Å². The molecule has 0 aromatic heterocycles. The molecule has 4 N–H and O–H groups in total. The molecule has 0 bridgehead atoms. The van der Waals surface area contributed by atoms with Gasteiger partial charge in [0.2, 0.25) is 5.91 Å². The lowest BCUT2D eigenvalue weighted by Gasteiger charge is -2.36. The number of piperidine rings is 1. The zero-order valence-corrected chi connectivity index (χ0v) is 11.4. The van der Waals surface area contributed by atoms with Crippen molar-refractivity contribution in [1.82, 2.24) is 4.90 Å². The summed E-state index contributed by atoms with van der Waals surface area (Å²) in [6.45, 7) is 7.74. The van der Waals surface area contributed by atoms with E-state index >= 15 is 0 Å². The van der Waals surface area contributed by atoms with Crippen LogP contribution in [-0.4, -0.2) is 36.0 Å². The number of hydrogen-bond donors (Lipinski definition) is 2. The first-order valence-corrected chi connectivity index (χ1v) is 6.77. The third-order valence-electron chi connectivity index (χ3n) is 4.06. The molecule has 1 aliphatic heterocycles. The summed E-state index contributed by atoms with van der Waals surface area (Å²) < 4.78 is 0. The Morgan fingerprint density at radius 1 is 1.41 bits per heavy atom. The Morgan fingerprint density at radius 3 is 2.59 bits per heavy atom. The maximum atomic E-state index is 12.2. The first-order chi connectivity index (χ1) is 7.97. The lowest BCUT2D eigenvalue weighted by Crippen LogP contribution is -2.52. The van der Waals surface area contributed by atoms with Gasteiger partial charge in [0.05, 0.1) is 6.04 Å². The maximum absolute atomic E-state index is 12.2. The number of likely N-dealkylation sites (tertiary alicyclic amines) is 1. The molecule has 0 radical (unpaired) electrons. The highest BCUT2D eigenvalue weighted by atomic mass is 16.2. The van der Waals surface area contributed by atoms with Crippen LogP contribution in [0.5, 0.6) is 0 Å². The monoisotopic (exact) mass is 241 g/mol. The SMILES string of the molecule is CCC(C)C(N)C(=O)N1CCCC(C(C)N)C1. The minimum Gasteiger partial charge on any atom is -0.341 e. The molecule has 1 rings (SSSR count). The summed E-state index contributed by atoms with van der Waals surface area (Å²) in [6.07, 6.45) is 3.11. The van der Waals surface area contributed by atoms with Gasteiger partial charge in [0.15, 0.2) is 0 Å². The van der Waals surface area contributed by atoms with Crippen molar-refractivity contribution in [2.75, 3.05) is 13.1 Å². The highest BCUT2D eigenvalue weighted by Gasteiger charge is 2.30. The van der Waals surface area contributed by atoms with E-state index in [-0.39, 0.29) is 23.9 Å². The fourth-order valence-corrected chi connectivity index (χ4v) is 2.35. The van der Waals surface area contributed by atoms with E-state index in [0.29, 0.717) is 5.92 Å². The lowest BCUT2D eigenvalue weighted by molar-refractivity contribution is -0.135. The topological polar surface area (TPSA) is 72.4 Å². The Morgan fingerprint density at radius 2 is 2.06 bits per heavy atom. The van der Waals surface area contributed by atoms with E-state index in [1.807, 2.05) is 18.7 Å². The summed E-state index contributed by atoms with van der Waals surface area (Å²) >= 11 is 0. The number of amides is 1. The standard InChI is InChI=1S/C13H27N3O/c1-4-9(2)12(15)13(17)16-7-5-6-11(8-16)10(3)14/h9-12H,4-8,14-15H2,1-3H3. The molecule has 0 aromatic rings. The molecule has 1 fully saturated rings. The molecule has 0 aromatic carbocycles. The van der Waals surface area contributed by atoms with Crippen molar-refractivity contribution in [3.63, 3.8) is 0 Å². The quantitative estimate of drug-likeness (QED) is 0.769. The fraction of sp³-hybridized carbons (Fsp3) is 0.923. The van der Waals surface area contributed by atoms with Gasteiger partial charge in [-0.25, -0.2) is 0 Å². The van der Waals surface area contributed by atoms with Gasteiger partial charge >= 0.3 is 0 Å². The van der Waals surface area contributed by atoms with Gasteiger partial charge in [0.1, 0.15) is 0 Å². The molecule has 4 unspecified atom stereocenters. The van der Waals surface area contributed by atoms with Crippen LogP contribution < -0.4 is 11.5 Å². The molecule has 100 valence electrons. The smallest absolute Gasteiger partial charge is 0.239 e. The number of carbonyl (C=O) groups is 1. The van der Waals surface area contributed by atoms with Gasteiger partial charge in [-0.2, -0.15) is 0 Å². The average Bonchev–Trinajstić information content (AvgIpc) is 2.36. The molecule has 0 saturated carbocycles. The highest BCUT2D eigenvalue weighted by Crippen LogP contribution is 2.20. The molecule has 1 heterocycles. The van der Waals surface area contributed by atoms with Crippen LogP contribution in [0.15, 0.2) is 0 Å². The summed E-state index contributed by atoms with van der Waals surface area (Å²) in [4.78, 5) is 14.1. The Kier molecular flexibility index (Phi) is 5.40. The van der Waals surface area contributed by atoms with E-state index in [4.69, 9.17) is 11.5 Å². The van der Waals surface area contributed by atoms with Crippen LogP contribution in [0.25, 0.3) is 0 Å². The summed E-state index contributed by atoms with van der Waals surface area (Å²) in [5.74, 6) is 0.778. The molecular weight excluding hydrogens is 214 g/mol. The van der Waals surface area contributed by atoms with E-state index in [2.05, 4.69) is 6.92 Å². The number of hydrogen-bond acceptors (Lipinski definition) is 3. The summed E-state index contributed by atoms with van der Waals surface area (Å²) in [6, 6.07) is -0.197. The average molecular weight is 241 g/mol. The molecule has 4 atom stereocenters. The lowest BCUT2D eigenvalue weighted by atomic mass is 9.91. The van der Waals surface area contributed by atoms with Crippen LogP contribution in [0, 0.1) is 11.8 Å². The first-order valence-electron chi connectivity index (χ1n) is 6.77. The zero-order chi connectivity index (χ0) is 13.0. The van der Waals surface area contributed by atoms with Crippen molar-refractivity contribution < 1.29 is 4.79 Å². The van der Waals surface area contributed by atoms with Crippen LogP contribution in [0.4, 0.5) is 0 Å². The van der Waals surface area contributed by atoms with Gasteiger partial charge in [-0.05, 0) is 31.6 Å². The fourth-order valence-electron chi connectivity index (χ4n) is 2.35. The van der Waals surface area contributed by atoms with E-state index in [1.165, 1.54) is 0 Å². The predicted molar refractivity (Wildman–Crippen MR) is 70.4 cm³/mol. The van der Waals surface area contributed by atoms with Gasteiger partial charge < -0.3 is 16.4 Å². The number of carbonyl (C=O) groups excluding carboxylic acids is 1. The van der Waals surface area contributed by atoms with Crippen molar-refractivity contribution in [2.24, 2.45) is 23.3 Å². The van der Waals surface area contributed by atoms with Crippen molar-refractivity contribution in [3.05, 3.63) is 0 Å². The third kappa shape index (κ3) is 3.68. The molecular formula is C13H27N3O. The minimum absolute atomic E-state index is 0.102. The van der Waals surface area contributed by atoms with Crippen LogP contribution in [-0.2, 0) is 4.79 Å². The largest absolute Gasteiger partial charge is 0.341 e. The van der Waals surface area contributed by atoms with Crippen molar-refractivity contribution >= 4 is 5.91 Å². The number of rotatable bonds is 4. The Labute approximate surface area is 105 Å². The molecule has 1 saturated heterocycles. The second-order valence-electron chi connectivity index (χ2n) is 5.46. The summed E-state index contributed by atoms with van der Waals surface area (Å²) in [5.41, 5.74) is 11.9. The van der Waals surface area contributed by atoms with E-state index in [0.717, 1.165) is 32.4 Å². The van der Waals surface area contributed by atoms with Crippen molar-refractivity contribution in [1.29, 1.82) is 0 Å². The first kappa shape index (κ1) is 14.5. The van der Waals surface area contributed by atoms with E-state index in [9.17, 15) is 4.79 Å². The Hall–Kier alpha value is -0.610. The summed E-state index contributed by atoms with van der Waals surface area (Å²) in [7, 11) is 0. The van der Waals surface area contributed by atoms with Crippen LogP contribution in [0.1, 0.15) is 40.0 Å². The molecule has 17 heavy (non-hydrogen) atoms. The Bertz CT molecular complexity index is 255. The molecule has 4 heteroatoms. The minimum atomic E-state index is -0.355. The zero-order valence-electron chi connectivity index (χ0n) is 11.4. The van der Waals surface area contributed by atoms with Crippen LogP contribution in [0.2, 0.25) is 0 Å². The second kappa shape index (κ2) is 6.36. The van der Waals surface area contributed by atoms with Crippen LogP contribution >= 0.6 is 0 Å².